The first-order chi connectivity index (χ1) is 5.22. The molecule has 0 saturated carbocycles. The Bertz CT molecular complexity index is 263. The van der Waals surface area contributed by atoms with Crippen LogP contribution in [0.5, 0.6) is 0 Å². The van der Waals surface area contributed by atoms with Gasteiger partial charge in [0.2, 0.25) is 0 Å². The minimum absolute atomic E-state index is 0.402. The minimum atomic E-state index is 0.402. The average molecular weight is 191 g/mol. The monoisotopic (exact) mass is 190 g/mol. The summed E-state index contributed by atoms with van der Waals surface area (Å²) < 4.78 is 5.09. The molecule has 0 spiro atoms. The third-order valence-corrected chi connectivity index (χ3v) is 1.82. The third-order valence-electron chi connectivity index (χ3n) is 1.19. The molecule has 1 aromatic heterocycles. The molecule has 1 rings (SSSR count). The van der Waals surface area contributed by atoms with Gasteiger partial charge in [0.05, 0.1) is 0 Å². The summed E-state index contributed by atoms with van der Waals surface area (Å²) in [6, 6.07) is 3.51. The fourth-order valence-corrected chi connectivity index (χ4v) is 0.917. The van der Waals surface area contributed by atoms with E-state index in [4.69, 9.17) is 27.6 Å². The first-order valence-corrected chi connectivity index (χ1v) is 4.12. The van der Waals surface area contributed by atoms with Crippen molar-refractivity contribution in [1.29, 1.82) is 0 Å². The van der Waals surface area contributed by atoms with Crippen LogP contribution in [0.3, 0.4) is 0 Å². The summed E-state index contributed by atoms with van der Waals surface area (Å²) in [5.41, 5.74) is 1.05. The van der Waals surface area contributed by atoms with E-state index in [1.165, 1.54) is 0 Å². The predicted octanol–water partition coefficient (Wildman–Crippen LogP) is 3.58. The van der Waals surface area contributed by atoms with Crippen LogP contribution in [0.4, 0.5) is 0 Å². The van der Waals surface area contributed by atoms with E-state index in [2.05, 4.69) is 0 Å². The largest absolute Gasteiger partial charge is 0.445 e. The molecule has 0 unspecified atom stereocenters. The second kappa shape index (κ2) is 3.84. The zero-order chi connectivity index (χ0) is 8.27. The lowest BCUT2D eigenvalue weighted by Gasteiger charge is -1.89. The summed E-state index contributed by atoms with van der Waals surface area (Å²) in [5.74, 6) is 1.26. The molecule has 0 amide bonds. The first-order valence-electron chi connectivity index (χ1n) is 3.21. The summed E-state index contributed by atoms with van der Waals surface area (Å²) in [6.45, 7) is 1.93. The molecule has 0 N–H and O–H groups in total. The van der Waals surface area contributed by atoms with E-state index in [1.54, 1.807) is 12.1 Å². The summed E-state index contributed by atoms with van der Waals surface area (Å²) in [4.78, 5) is 0. The molecule has 0 aliphatic rings. The highest BCUT2D eigenvalue weighted by molar-refractivity contribution is 6.28. The van der Waals surface area contributed by atoms with E-state index in [0.29, 0.717) is 11.1 Å². The highest BCUT2D eigenvalue weighted by Crippen LogP contribution is 2.15. The van der Waals surface area contributed by atoms with Gasteiger partial charge in [-0.15, -0.1) is 11.6 Å². The molecule has 11 heavy (non-hydrogen) atoms. The molecule has 1 aromatic rings. The van der Waals surface area contributed by atoms with Crippen molar-refractivity contribution < 1.29 is 4.42 Å². The number of rotatable bonds is 2. The maximum Gasteiger partial charge on any atom is 0.193 e. The minimum Gasteiger partial charge on any atom is -0.445 e. The Morgan fingerprint density at radius 2 is 2.36 bits per heavy atom. The van der Waals surface area contributed by atoms with Gasteiger partial charge >= 0.3 is 0 Å². The third kappa shape index (κ3) is 2.60. The summed E-state index contributed by atoms with van der Waals surface area (Å²) >= 11 is 11.1. The number of halogens is 2. The zero-order valence-corrected chi connectivity index (χ0v) is 7.62. The number of furan rings is 1. The van der Waals surface area contributed by atoms with Gasteiger partial charge in [0.25, 0.3) is 0 Å². The Morgan fingerprint density at radius 3 is 2.82 bits per heavy atom. The second-order valence-corrected chi connectivity index (χ2v) is 2.91. The lowest BCUT2D eigenvalue weighted by atomic mass is 10.3. The fourth-order valence-electron chi connectivity index (χ4n) is 0.687. The predicted molar refractivity (Wildman–Crippen MR) is 48.1 cm³/mol. The second-order valence-electron chi connectivity index (χ2n) is 2.27. The van der Waals surface area contributed by atoms with Gasteiger partial charge in [0.15, 0.2) is 5.22 Å². The van der Waals surface area contributed by atoms with Gasteiger partial charge in [0, 0.05) is 5.88 Å². The van der Waals surface area contributed by atoms with Gasteiger partial charge in [-0.05, 0) is 36.7 Å². The molecular formula is C8H8Cl2O. The van der Waals surface area contributed by atoms with Crippen LogP contribution >= 0.6 is 23.2 Å². The van der Waals surface area contributed by atoms with Crippen molar-refractivity contribution in [2.24, 2.45) is 0 Å². The van der Waals surface area contributed by atoms with Gasteiger partial charge in [-0.3, -0.25) is 0 Å². The quantitative estimate of drug-likeness (QED) is 0.651. The van der Waals surface area contributed by atoms with Crippen molar-refractivity contribution >= 4 is 29.3 Å². The molecule has 60 valence electrons. The van der Waals surface area contributed by atoms with Gasteiger partial charge in [-0.2, -0.15) is 0 Å². The van der Waals surface area contributed by atoms with Crippen LogP contribution in [0.15, 0.2) is 22.1 Å². The normalized spacial score (nSPS) is 12.1. The maximum absolute atomic E-state index is 5.57. The summed E-state index contributed by atoms with van der Waals surface area (Å²) in [5, 5.41) is 0.402. The van der Waals surface area contributed by atoms with Crippen molar-refractivity contribution in [3.05, 3.63) is 28.7 Å². The van der Waals surface area contributed by atoms with E-state index in [1.807, 2.05) is 13.0 Å². The molecular weight excluding hydrogens is 183 g/mol. The topological polar surface area (TPSA) is 13.1 Å². The lowest BCUT2D eigenvalue weighted by molar-refractivity contribution is 0.558. The lowest BCUT2D eigenvalue weighted by Crippen LogP contribution is -1.74. The molecule has 0 bridgehead atoms. The molecule has 0 aliphatic heterocycles. The molecule has 0 radical (unpaired) electrons. The molecule has 0 saturated heterocycles. The SMILES string of the molecule is CC(=Cc1ccc(Cl)o1)CCl. The van der Waals surface area contributed by atoms with Crippen LogP contribution in [0, 0.1) is 0 Å². The average Bonchev–Trinajstić information content (AvgIpc) is 2.35. The van der Waals surface area contributed by atoms with Crippen LogP contribution in [0.1, 0.15) is 12.7 Å². The first kappa shape index (κ1) is 8.69. The van der Waals surface area contributed by atoms with Crippen molar-refractivity contribution in [2.45, 2.75) is 6.92 Å². The van der Waals surface area contributed by atoms with Crippen molar-refractivity contribution in [2.75, 3.05) is 5.88 Å². The van der Waals surface area contributed by atoms with Crippen LogP contribution in [-0.2, 0) is 0 Å². The number of alkyl halides is 1. The Kier molecular flexibility index (Phi) is 3.03. The number of hydrogen-bond donors (Lipinski definition) is 0. The Hall–Kier alpha value is -0.400. The van der Waals surface area contributed by atoms with E-state index >= 15 is 0 Å². The van der Waals surface area contributed by atoms with Gasteiger partial charge in [-0.1, -0.05) is 5.57 Å². The van der Waals surface area contributed by atoms with Crippen molar-refractivity contribution in [3.8, 4) is 0 Å². The Balaban J connectivity index is 2.78. The Morgan fingerprint density at radius 1 is 1.64 bits per heavy atom. The molecule has 0 fully saturated rings. The van der Waals surface area contributed by atoms with Crippen molar-refractivity contribution in [3.63, 3.8) is 0 Å². The highest BCUT2D eigenvalue weighted by atomic mass is 35.5. The van der Waals surface area contributed by atoms with E-state index in [0.717, 1.165) is 11.3 Å². The van der Waals surface area contributed by atoms with Crippen molar-refractivity contribution in [1.82, 2.24) is 0 Å². The molecule has 3 heteroatoms. The number of hydrogen-bond acceptors (Lipinski definition) is 1. The molecule has 1 nitrogen and oxygen atoms in total. The highest BCUT2D eigenvalue weighted by Gasteiger charge is 1.95. The standard InChI is InChI=1S/C8H8Cl2O/c1-6(5-9)4-7-2-3-8(10)11-7/h2-4H,5H2,1H3. The van der Waals surface area contributed by atoms with Gasteiger partial charge in [-0.25, -0.2) is 0 Å². The summed E-state index contributed by atoms with van der Waals surface area (Å²) in [7, 11) is 0. The molecule has 0 aromatic carbocycles. The van der Waals surface area contributed by atoms with E-state index < -0.39 is 0 Å². The summed E-state index contributed by atoms with van der Waals surface area (Å²) in [6.07, 6.45) is 1.86. The van der Waals surface area contributed by atoms with Crippen LogP contribution in [0.25, 0.3) is 6.08 Å². The van der Waals surface area contributed by atoms with Crippen LogP contribution in [-0.4, -0.2) is 5.88 Å². The van der Waals surface area contributed by atoms with Crippen LogP contribution in [0.2, 0.25) is 5.22 Å². The van der Waals surface area contributed by atoms with Crippen LogP contribution < -0.4 is 0 Å². The smallest absolute Gasteiger partial charge is 0.193 e. The van der Waals surface area contributed by atoms with E-state index in [-0.39, 0.29) is 0 Å². The van der Waals surface area contributed by atoms with E-state index in [9.17, 15) is 0 Å². The molecule has 0 aliphatic carbocycles. The zero-order valence-electron chi connectivity index (χ0n) is 6.10. The molecule has 0 atom stereocenters. The number of allylic oxidation sites excluding steroid dienone is 1. The fraction of sp³-hybridized carbons (Fsp3) is 0.250. The van der Waals surface area contributed by atoms with Gasteiger partial charge < -0.3 is 4.42 Å². The molecule has 1 heterocycles. The maximum atomic E-state index is 5.57. The van der Waals surface area contributed by atoms with Gasteiger partial charge in [0.1, 0.15) is 5.76 Å². The Labute approximate surface area is 75.6 Å².